The van der Waals surface area contributed by atoms with Crippen LogP contribution in [0.15, 0.2) is 30.3 Å². The molecular formula is C20H29N3O4. The molecule has 27 heavy (non-hydrogen) atoms. The van der Waals surface area contributed by atoms with E-state index < -0.39 is 11.7 Å². The highest BCUT2D eigenvalue weighted by Crippen LogP contribution is 2.12. The second-order valence-corrected chi connectivity index (χ2v) is 7.67. The number of nitrogens with zero attached hydrogens (tertiary/aromatic N) is 1. The maximum atomic E-state index is 12.3. The predicted molar refractivity (Wildman–Crippen MR) is 102 cm³/mol. The molecule has 1 saturated heterocycles. The van der Waals surface area contributed by atoms with Gasteiger partial charge < -0.3 is 20.3 Å². The van der Waals surface area contributed by atoms with Crippen LogP contribution in [0, 0.1) is 0 Å². The monoisotopic (exact) mass is 375 g/mol. The van der Waals surface area contributed by atoms with E-state index in [1.165, 1.54) is 0 Å². The standard InChI is InChI=1S/C20H29N3O4/c1-20(2,3)27-19(26)21-12-9-17(24)23-13-10-16(11-14-23)22-18(25)15-7-5-4-6-8-15/h4-8,16H,9-14H2,1-3H3,(H,21,26)(H,22,25). The summed E-state index contributed by atoms with van der Waals surface area (Å²) in [6.07, 6.45) is 1.17. The summed E-state index contributed by atoms with van der Waals surface area (Å²) in [4.78, 5) is 37.8. The van der Waals surface area contributed by atoms with Crippen molar-refractivity contribution >= 4 is 17.9 Å². The molecule has 1 aromatic carbocycles. The third kappa shape index (κ3) is 7.29. The van der Waals surface area contributed by atoms with E-state index in [4.69, 9.17) is 4.74 Å². The first-order chi connectivity index (χ1) is 12.7. The van der Waals surface area contributed by atoms with E-state index in [0.29, 0.717) is 18.7 Å². The van der Waals surface area contributed by atoms with Crippen molar-refractivity contribution in [3.63, 3.8) is 0 Å². The topological polar surface area (TPSA) is 87.7 Å². The highest BCUT2D eigenvalue weighted by Gasteiger charge is 2.24. The first-order valence-corrected chi connectivity index (χ1v) is 9.35. The molecule has 2 rings (SSSR count). The van der Waals surface area contributed by atoms with Crippen molar-refractivity contribution in [1.29, 1.82) is 0 Å². The van der Waals surface area contributed by atoms with Gasteiger partial charge in [-0.3, -0.25) is 9.59 Å². The molecule has 1 aromatic rings. The lowest BCUT2D eigenvalue weighted by molar-refractivity contribution is -0.132. The fraction of sp³-hybridized carbons (Fsp3) is 0.550. The average Bonchev–Trinajstić information content (AvgIpc) is 2.61. The molecule has 0 unspecified atom stereocenters. The zero-order chi connectivity index (χ0) is 19.9. The summed E-state index contributed by atoms with van der Waals surface area (Å²) >= 11 is 0. The number of carbonyl (C=O) groups is 3. The second-order valence-electron chi connectivity index (χ2n) is 7.67. The molecule has 1 fully saturated rings. The van der Waals surface area contributed by atoms with E-state index in [1.807, 2.05) is 18.2 Å². The molecular weight excluding hydrogens is 346 g/mol. The number of likely N-dealkylation sites (tertiary alicyclic amines) is 1. The van der Waals surface area contributed by atoms with Crippen LogP contribution >= 0.6 is 0 Å². The lowest BCUT2D eigenvalue weighted by Gasteiger charge is -2.32. The second kappa shape index (κ2) is 9.39. The minimum absolute atomic E-state index is 0.00102. The normalized spacial score (nSPS) is 15.1. The van der Waals surface area contributed by atoms with Gasteiger partial charge in [-0.25, -0.2) is 4.79 Å². The third-order valence-corrected chi connectivity index (χ3v) is 4.23. The van der Waals surface area contributed by atoms with Crippen LogP contribution in [-0.4, -0.2) is 54.1 Å². The Hall–Kier alpha value is -2.57. The first kappa shape index (κ1) is 20.7. The molecule has 148 valence electrons. The molecule has 0 saturated carbocycles. The average molecular weight is 375 g/mol. The van der Waals surface area contributed by atoms with Crippen molar-refractivity contribution in [1.82, 2.24) is 15.5 Å². The number of alkyl carbamates (subject to hydrolysis) is 1. The molecule has 0 atom stereocenters. The molecule has 2 N–H and O–H groups in total. The highest BCUT2D eigenvalue weighted by atomic mass is 16.6. The van der Waals surface area contributed by atoms with Crippen LogP contribution in [0.25, 0.3) is 0 Å². The molecule has 0 aromatic heterocycles. The molecule has 0 bridgehead atoms. The fourth-order valence-corrected chi connectivity index (χ4v) is 2.88. The Morgan fingerprint density at radius 1 is 1.11 bits per heavy atom. The van der Waals surface area contributed by atoms with E-state index in [1.54, 1.807) is 37.8 Å². The van der Waals surface area contributed by atoms with Gasteiger partial charge in [0.25, 0.3) is 5.91 Å². The van der Waals surface area contributed by atoms with Gasteiger partial charge >= 0.3 is 6.09 Å². The number of ether oxygens (including phenoxy) is 1. The predicted octanol–water partition coefficient (Wildman–Crippen LogP) is 2.32. The summed E-state index contributed by atoms with van der Waals surface area (Å²) in [5.74, 6) is -0.0826. The van der Waals surface area contributed by atoms with Gasteiger partial charge in [0.2, 0.25) is 5.91 Å². The number of hydrogen-bond donors (Lipinski definition) is 2. The number of benzene rings is 1. The lowest BCUT2D eigenvalue weighted by atomic mass is 10.0. The smallest absolute Gasteiger partial charge is 0.407 e. The molecule has 1 aliphatic rings. The minimum Gasteiger partial charge on any atom is -0.444 e. The van der Waals surface area contributed by atoms with Crippen LogP contribution in [0.1, 0.15) is 50.4 Å². The van der Waals surface area contributed by atoms with Crippen LogP contribution in [0.3, 0.4) is 0 Å². The molecule has 0 aliphatic carbocycles. The van der Waals surface area contributed by atoms with Crippen LogP contribution in [0.2, 0.25) is 0 Å². The van der Waals surface area contributed by atoms with E-state index in [9.17, 15) is 14.4 Å². The van der Waals surface area contributed by atoms with E-state index >= 15 is 0 Å². The van der Waals surface area contributed by atoms with Crippen molar-refractivity contribution in [3.8, 4) is 0 Å². The lowest BCUT2D eigenvalue weighted by Crippen LogP contribution is -2.47. The summed E-state index contributed by atoms with van der Waals surface area (Å²) in [5, 5.41) is 5.62. The van der Waals surface area contributed by atoms with Gasteiger partial charge in [0.15, 0.2) is 0 Å². The summed E-state index contributed by atoms with van der Waals surface area (Å²) in [6.45, 7) is 6.82. The molecule has 0 radical (unpaired) electrons. The molecule has 7 heteroatoms. The zero-order valence-electron chi connectivity index (χ0n) is 16.3. The molecule has 0 spiro atoms. The minimum atomic E-state index is -0.555. The van der Waals surface area contributed by atoms with Crippen molar-refractivity contribution in [2.24, 2.45) is 0 Å². The fourth-order valence-electron chi connectivity index (χ4n) is 2.88. The first-order valence-electron chi connectivity index (χ1n) is 9.35. The SMILES string of the molecule is CC(C)(C)OC(=O)NCCC(=O)N1CCC(NC(=O)c2ccccc2)CC1. The number of piperidine rings is 1. The Balaban J connectivity index is 1.67. The molecule has 1 aliphatic heterocycles. The van der Waals surface area contributed by atoms with Crippen molar-refractivity contribution < 1.29 is 19.1 Å². The highest BCUT2D eigenvalue weighted by molar-refractivity contribution is 5.94. The van der Waals surface area contributed by atoms with Gasteiger partial charge in [0, 0.05) is 37.7 Å². The van der Waals surface area contributed by atoms with Gasteiger partial charge in [-0.1, -0.05) is 18.2 Å². The van der Waals surface area contributed by atoms with E-state index in [2.05, 4.69) is 10.6 Å². The van der Waals surface area contributed by atoms with Crippen LogP contribution in [-0.2, 0) is 9.53 Å². The summed E-state index contributed by atoms with van der Waals surface area (Å²) in [5.41, 5.74) is 0.0874. The Labute approximate surface area is 160 Å². The number of amides is 3. The third-order valence-electron chi connectivity index (χ3n) is 4.23. The Morgan fingerprint density at radius 2 is 1.74 bits per heavy atom. The maximum Gasteiger partial charge on any atom is 0.407 e. The van der Waals surface area contributed by atoms with Crippen molar-refractivity contribution in [2.75, 3.05) is 19.6 Å². The van der Waals surface area contributed by atoms with Crippen LogP contribution in [0.5, 0.6) is 0 Å². The number of rotatable bonds is 5. The quantitative estimate of drug-likeness (QED) is 0.827. The Kier molecular flexibility index (Phi) is 7.21. The van der Waals surface area contributed by atoms with Gasteiger partial charge in [0.05, 0.1) is 0 Å². The zero-order valence-corrected chi connectivity index (χ0v) is 16.3. The van der Waals surface area contributed by atoms with Crippen molar-refractivity contribution in [2.45, 2.75) is 51.7 Å². The Bertz CT molecular complexity index is 647. The summed E-state index contributed by atoms with van der Waals surface area (Å²) in [7, 11) is 0. The van der Waals surface area contributed by atoms with Crippen LogP contribution in [0.4, 0.5) is 4.79 Å². The largest absolute Gasteiger partial charge is 0.444 e. The number of hydrogen-bond acceptors (Lipinski definition) is 4. The van der Waals surface area contributed by atoms with Crippen LogP contribution < -0.4 is 10.6 Å². The van der Waals surface area contributed by atoms with Gasteiger partial charge in [-0.2, -0.15) is 0 Å². The number of carbonyl (C=O) groups excluding carboxylic acids is 3. The molecule has 1 heterocycles. The number of nitrogens with one attached hydrogen (secondary N) is 2. The van der Waals surface area contributed by atoms with Gasteiger partial charge in [-0.05, 0) is 45.7 Å². The Morgan fingerprint density at radius 3 is 2.33 bits per heavy atom. The summed E-state index contributed by atoms with van der Waals surface area (Å²) in [6, 6.07) is 9.18. The van der Waals surface area contributed by atoms with Gasteiger partial charge in [-0.15, -0.1) is 0 Å². The van der Waals surface area contributed by atoms with Crippen molar-refractivity contribution in [3.05, 3.63) is 35.9 Å². The van der Waals surface area contributed by atoms with Gasteiger partial charge in [0.1, 0.15) is 5.60 Å². The molecule has 7 nitrogen and oxygen atoms in total. The van der Waals surface area contributed by atoms with E-state index in [0.717, 1.165) is 12.8 Å². The maximum absolute atomic E-state index is 12.3. The molecule has 3 amide bonds. The summed E-state index contributed by atoms with van der Waals surface area (Å²) < 4.78 is 5.14. The van der Waals surface area contributed by atoms with E-state index in [-0.39, 0.29) is 30.8 Å².